The maximum Gasteiger partial charge on any atom is 2.00 e. The van der Waals surface area contributed by atoms with Crippen LogP contribution in [0.5, 0.6) is 0 Å². The van der Waals surface area contributed by atoms with Crippen LogP contribution in [0.1, 0.15) is 65.2 Å². The molecule has 0 aromatic rings. The van der Waals surface area contributed by atoms with Crippen LogP contribution in [0.25, 0.3) is 0 Å². The first-order valence-electron chi connectivity index (χ1n) is 8.34. The van der Waals surface area contributed by atoms with Gasteiger partial charge in [-0.3, -0.25) is 0 Å². The zero-order valence-electron chi connectivity index (χ0n) is 16.1. The van der Waals surface area contributed by atoms with E-state index in [0.29, 0.717) is 0 Å². The van der Waals surface area contributed by atoms with Crippen LogP contribution in [-0.2, 0) is 0 Å². The predicted molar refractivity (Wildman–Crippen MR) is 102 cm³/mol. The predicted octanol–water partition coefficient (Wildman–Crippen LogP) is 4.53. The van der Waals surface area contributed by atoms with E-state index < -0.39 is 0 Å². The zero-order valence-corrected chi connectivity index (χ0v) is 17.5. The molecule has 21 heavy (non-hydrogen) atoms. The fourth-order valence-electron chi connectivity index (χ4n) is 1.25. The van der Waals surface area contributed by atoms with Gasteiger partial charge >= 0.3 is 23.1 Å². The molecule has 0 radical (unpaired) electrons. The molecule has 0 saturated carbocycles. The van der Waals surface area contributed by atoms with E-state index in [9.17, 15) is 0 Å². The van der Waals surface area contributed by atoms with Gasteiger partial charge in [-0.2, -0.15) is 12.8 Å². The topological polar surface area (TPSA) is 6.48 Å². The molecular formula is C18H42MgN2. The second-order valence-corrected chi connectivity index (χ2v) is 5.73. The number of rotatable bonds is 9. The van der Waals surface area contributed by atoms with Gasteiger partial charge in [-0.05, 0) is 28.2 Å². The fraction of sp³-hybridized carbons (Fsp3) is 0.889. The Balaban J connectivity index is -0.000000102. The monoisotopic (exact) mass is 310 g/mol. The van der Waals surface area contributed by atoms with Crippen molar-refractivity contribution in [2.45, 2.75) is 65.2 Å². The van der Waals surface area contributed by atoms with Gasteiger partial charge < -0.3 is 23.6 Å². The van der Waals surface area contributed by atoms with Gasteiger partial charge in [-0.25, -0.2) is 0 Å². The van der Waals surface area contributed by atoms with Crippen molar-refractivity contribution in [3.8, 4) is 0 Å². The standard InChI is InChI=1S/C6H16N2.2C6H13.Mg/c1-7(2)5-6-8(3)4;2*1-3-5-6-4-2;/h5-6H2,1-4H3;2*1,3-6H2,2H3;/q;2*-1;+2. The molecule has 0 amide bonds. The smallest absolute Gasteiger partial charge is 0.343 e. The van der Waals surface area contributed by atoms with Crippen molar-refractivity contribution in [2.24, 2.45) is 0 Å². The maximum atomic E-state index is 3.72. The van der Waals surface area contributed by atoms with Crippen LogP contribution >= 0.6 is 0 Å². The van der Waals surface area contributed by atoms with Crippen LogP contribution in [0.15, 0.2) is 0 Å². The quantitative estimate of drug-likeness (QED) is 0.351. The van der Waals surface area contributed by atoms with Crippen LogP contribution in [0.3, 0.4) is 0 Å². The van der Waals surface area contributed by atoms with Gasteiger partial charge in [-0.1, -0.05) is 52.4 Å². The first kappa shape index (κ1) is 29.7. The van der Waals surface area contributed by atoms with Crippen LogP contribution in [0.2, 0.25) is 0 Å². The molecule has 0 aliphatic carbocycles. The molecule has 0 fully saturated rings. The third-order valence-electron chi connectivity index (χ3n) is 2.70. The van der Waals surface area contributed by atoms with E-state index in [-0.39, 0.29) is 23.1 Å². The Morgan fingerprint density at radius 2 is 0.905 bits per heavy atom. The molecule has 0 unspecified atom stereocenters. The minimum absolute atomic E-state index is 0. The summed E-state index contributed by atoms with van der Waals surface area (Å²) in [5.74, 6) is 0. The Kier molecular flexibility index (Phi) is 40.7. The Bertz CT molecular complexity index is 115. The molecule has 2 nitrogen and oxygen atoms in total. The molecule has 0 bridgehead atoms. The molecule has 0 rings (SSSR count). The molecule has 0 heterocycles. The summed E-state index contributed by atoms with van der Waals surface area (Å²) >= 11 is 0. The number of hydrogen-bond acceptors (Lipinski definition) is 2. The summed E-state index contributed by atoms with van der Waals surface area (Å²) in [6.45, 7) is 14.1. The molecule has 0 N–H and O–H groups in total. The number of nitrogens with zero attached hydrogens (tertiary/aromatic N) is 2. The average molecular weight is 311 g/mol. The fourth-order valence-corrected chi connectivity index (χ4v) is 1.25. The zero-order chi connectivity index (χ0) is 16.2. The van der Waals surface area contributed by atoms with Crippen molar-refractivity contribution in [1.82, 2.24) is 9.80 Å². The van der Waals surface area contributed by atoms with E-state index in [2.05, 4.69) is 65.7 Å². The second kappa shape index (κ2) is 28.8. The molecule has 0 spiro atoms. The second-order valence-electron chi connectivity index (χ2n) is 5.73. The molecule has 3 heteroatoms. The summed E-state index contributed by atoms with van der Waals surface area (Å²) in [6, 6.07) is 0. The molecule has 126 valence electrons. The normalized spacial score (nSPS) is 9.43. The van der Waals surface area contributed by atoms with Gasteiger partial charge in [0.2, 0.25) is 0 Å². The van der Waals surface area contributed by atoms with Crippen molar-refractivity contribution in [2.75, 3.05) is 41.3 Å². The summed E-state index contributed by atoms with van der Waals surface area (Å²) < 4.78 is 0. The molecular weight excluding hydrogens is 269 g/mol. The number of hydrogen-bond donors (Lipinski definition) is 0. The first-order valence-corrected chi connectivity index (χ1v) is 8.34. The van der Waals surface area contributed by atoms with E-state index in [0.717, 1.165) is 25.9 Å². The summed E-state index contributed by atoms with van der Waals surface area (Å²) in [5.41, 5.74) is 0. The van der Waals surface area contributed by atoms with Crippen LogP contribution < -0.4 is 0 Å². The van der Waals surface area contributed by atoms with Gasteiger partial charge in [0, 0.05) is 13.1 Å². The Hall–Kier alpha value is 0.686. The van der Waals surface area contributed by atoms with Gasteiger partial charge in [0.1, 0.15) is 0 Å². The van der Waals surface area contributed by atoms with Gasteiger partial charge in [0.15, 0.2) is 0 Å². The van der Waals surface area contributed by atoms with E-state index in [1.54, 1.807) is 0 Å². The molecule has 0 aromatic carbocycles. The van der Waals surface area contributed by atoms with Crippen molar-refractivity contribution < 1.29 is 0 Å². The molecule has 0 saturated heterocycles. The SMILES string of the molecule is CN(C)CCN(C)C.[CH2-]CCCCC.[CH2-]CCCCC.[Mg+2]. The van der Waals surface area contributed by atoms with E-state index >= 15 is 0 Å². The van der Waals surface area contributed by atoms with Crippen molar-refractivity contribution in [3.63, 3.8) is 0 Å². The summed E-state index contributed by atoms with van der Waals surface area (Å²) in [6.07, 6.45) is 10.1. The van der Waals surface area contributed by atoms with Crippen molar-refractivity contribution in [1.29, 1.82) is 0 Å². The van der Waals surface area contributed by atoms with Crippen molar-refractivity contribution >= 4 is 23.1 Å². The maximum absolute atomic E-state index is 3.72. The molecule has 0 atom stereocenters. The minimum atomic E-state index is 0. The van der Waals surface area contributed by atoms with Crippen LogP contribution in [-0.4, -0.2) is 74.1 Å². The molecule has 0 aliphatic rings. The van der Waals surface area contributed by atoms with E-state index in [4.69, 9.17) is 0 Å². The van der Waals surface area contributed by atoms with Gasteiger partial charge in [0.25, 0.3) is 0 Å². The number of likely N-dealkylation sites (N-methyl/N-ethyl adjacent to an activating group) is 2. The molecule has 0 aromatic heterocycles. The largest absolute Gasteiger partial charge is 2.00 e. The van der Waals surface area contributed by atoms with E-state index in [1.807, 2.05) is 0 Å². The third kappa shape index (κ3) is 52.9. The Morgan fingerprint density at radius 1 is 0.619 bits per heavy atom. The van der Waals surface area contributed by atoms with Crippen LogP contribution in [0, 0.1) is 13.8 Å². The summed E-state index contributed by atoms with van der Waals surface area (Å²) in [7, 11) is 8.35. The first-order chi connectivity index (χ1) is 9.45. The van der Waals surface area contributed by atoms with Gasteiger partial charge in [-0.15, -0.1) is 0 Å². The van der Waals surface area contributed by atoms with Crippen molar-refractivity contribution in [3.05, 3.63) is 13.8 Å². The molecule has 0 aliphatic heterocycles. The average Bonchev–Trinajstić information content (AvgIpc) is 2.42. The summed E-state index contributed by atoms with van der Waals surface area (Å²) in [4.78, 5) is 4.36. The van der Waals surface area contributed by atoms with Crippen LogP contribution in [0.4, 0.5) is 0 Å². The van der Waals surface area contributed by atoms with Gasteiger partial charge in [0.05, 0.1) is 0 Å². The third-order valence-corrected chi connectivity index (χ3v) is 2.70. The van der Waals surface area contributed by atoms with E-state index in [1.165, 1.54) is 38.5 Å². The summed E-state index contributed by atoms with van der Waals surface area (Å²) in [5, 5.41) is 0. The Labute approximate surface area is 153 Å². The Morgan fingerprint density at radius 3 is 1.00 bits per heavy atom. The number of unbranched alkanes of at least 4 members (excludes halogenated alkanes) is 6. The minimum Gasteiger partial charge on any atom is -0.343 e.